The number of carbonyl (C=O) groups is 1. The molecule has 0 saturated heterocycles. The van der Waals surface area contributed by atoms with E-state index in [-0.39, 0.29) is 5.56 Å². The quantitative estimate of drug-likeness (QED) is 0.835. The number of alkyl halides is 3. The Morgan fingerprint density at radius 1 is 1.38 bits per heavy atom. The average Bonchev–Trinajstić information content (AvgIpc) is 2.18. The highest BCUT2D eigenvalue weighted by Crippen LogP contribution is 2.43. The van der Waals surface area contributed by atoms with Gasteiger partial charge in [-0.1, -0.05) is 30.3 Å². The maximum Gasteiger partial charge on any atom is 0.365 e. The summed E-state index contributed by atoms with van der Waals surface area (Å²) in [5, 5.41) is 4.86. The normalized spacial score (nSPS) is 15.5. The predicted molar refractivity (Wildman–Crippen MR) is 53.6 cm³/mol. The third kappa shape index (κ3) is 1.88. The Kier molecular flexibility index (Phi) is 3.50. The molecule has 0 aliphatic carbocycles. The topological polar surface area (TPSA) is 46.5 Å². The number of benzene rings is 1. The van der Waals surface area contributed by atoms with Crippen LogP contribution in [-0.2, 0) is 15.1 Å². The van der Waals surface area contributed by atoms with Crippen LogP contribution in [-0.4, -0.2) is 23.6 Å². The van der Waals surface area contributed by atoms with Crippen molar-refractivity contribution in [3.8, 4) is 0 Å². The van der Waals surface area contributed by atoms with E-state index in [1.807, 2.05) is 0 Å². The Morgan fingerprint density at radius 3 is 2.19 bits per heavy atom. The van der Waals surface area contributed by atoms with Gasteiger partial charge in [-0.2, -0.15) is 8.78 Å². The Labute approximate surface area is 95.6 Å². The molecule has 0 aliphatic heterocycles. The van der Waals surface area contributed by atoms with Crippen LogP contribution < -0.4 is 0 Å². The van der Waals surface area contributed by atoms with Gasteiger partial charge in [-0.15, -0.1) is 0 Å². The van der Waals surface area contributed by atoms with Crippen LogP contribution in [0.4, 0.5) is 8.78 Å². The van der Waals surface area contributed by atoms with Gasteiger partial charge in [-0.25, -0.2) is 4.79 Å². The molecule has 0 fully saturated rings. The number of aliphatic carboxylic acids is 1. The Morgan fingerprint density at radius 2 is 1.88 bits per heavy atom. The summed E-state index contributed by atoms with van der Waals surface area (Å²) in [4.78, 5) is 11.0. The number of ether oxygens (including phenoxy) is 1. The summed E-state index contributed by atoms with van der Waals surface area (Å²) in [6.45, 7) is 0. The number of carboxylic acid groups (broad SMARTS) is 1. The fraction of sp³-hybridized carbons (Fsp3) is 0.300. The van der Waals surface area contributed by atoms with Crippen LogP contribution in [0.2, 0.25) is 0 Å². The standard InChI is InChI=1S/C10H9ClF2O3/c1-16-9(8(14)15,10(11,12)13)7-5-3-2-4-6-7/h2-6H,1H3,(H,14,15). The highest BCUT2D eigenvalue weighted by molar-refractivity contribution is 6.24. The van der Waals surface area contributed by atoms with Crippen LogP contribution in [0.5, 0.6) is 0 Å². The van der Waals surface area contributed by atoms with E-state index in [2.05, 4.69) is 4.74 Å². The van der Waals surface area contributed by atoms with Crippen molar-refractivity contribution in [2.45, 2.75) is 11.0 Å². The van der Waals surface area contributed by atoms with Gasteiger partial charge >= 0.3 is 11.4 Å². The van der Waals surface area contributed by atoms with Gasteiger partial charge in [-0.05, 0) is 11.6 Å². The first-order valence-corrected chi connectivity index (χ1v) is 4.65. The lowest BCUT2D eigenvalue weighted by Crippen LogP contribution is -2.50. The molecule has 3 nitrogen and oxygen atoms in total. The van der Waals surface area contributed by atoms with Crippen molar-refractivity contribution in [2.24, 2.45) is 0 Å². The molecule has 1 N–H and O–H groups in total. The van der Waals surface area contributed by atoms with Crippen LogP contribution in [0, 0.1) is 0 Å². The summed E-state index contributed by atoms with van der Waals surface area (Å²) in [7, 11) is 0.872. The lowest BCUT2D eigenvalue weighted by Gasteiger charge is -2.31. The van der Waals surface area contributed by atoms with Crippen molar-refractivity contribution < 1.29 is 23.4 Å². The number of hydrogen-bond donors (Lipinski definition) is 1. The third-order valence-corrected chi connectivity index (χ3v) is 2.45. The van der Waals surface area contributed by atoms with Gasteiger partial charge in [-0.3, -0.25) is 0 Å². The number of halogens is 3. The summed E-state index contributed by atoms with van der Waals surface area (Å²) in [5.41, 5.74) is -3.10. The summed E-state index contributed by atoms with van der Waals surface area (Å²) in [5.74, 6) is -1.85. The first-order valence-electron chi connectivity index (χ1n) is 4.27. The van der Waals surface area contributed by atoms with Gasteiger partial charge < -0.3 is 9.84 Å². The fourth-order valence-electron chi connectivity index (χ4n) is 1.40. The number of hydrogen-bond acceptors (Lipinski definition) is 2. The minimum absolute atomic E-state index is 0.218. The first kappa shape index (κ1) is 12.9. The largest absolute Gasteiger partial charge is 0.479 e. The molecule has 88 valence electrons. The van der Waals surface area contributed by atoms with E-state index in [1.54, 1.807) is 6.07 Å². The fourth-order valence-corrected chi connectivity index (χ4v) is 1.67. The third-order valence-electron chi connectivity index (χ3n) is 2.19. The van der Waals surface area contributed by atoms with Crippen LogP contribution in [0.3, 0.4) is 0 Å². The molecule has 0 saturated carbocycles. The minimum Gasteiger partial charge on any atom is -0.479 e. The molecular weight excluding hydrogens is 242 g/mol. The highest BCUT2D eigenvalue weighted by atomic mass is 35.5. The van der Waals surface area contributed by atoms with Gasteiger partial charge in [0.25, 0.3) is 5.60 Å². The number of methoxy groups -OCH3 is 1. The van der Waals surface area contributed by atoms with Crippen LogP contribution in [0.1, 0.15) is 5.56 Å². The average molecular weight is 251 g/mol. The van der Waals surface area contributed by atoms with Crippen molar-refractivity contribution in [3.63, 3.8) is 0 Å². The smallest absolute Gasteiger partial charge is 0.365 e. The van der Waals surface area contributed by atoms with E-state index >= 15 is 0 Å². The zero-order chi connectivity index (χ0) is 12.4. The number of rotatable bonds is 4. The molecule has 1 rings (SSSR count). The second kappa shape index (κ2) is 4.35. The Bertz CT molecular complexity index is 377. The van der Waals surface area contributed by atoms with Crippen molar-refractivity contribution in [1.82, 2.24) is 0 Å². The summed E-state index contributed by atoms with van der Waals surface area (Å²) < 4.78 is 30.9. The number of carboxylic acids is 1. The van der Waals surface area contributed by atoms with Crippen molar-refractivity contribution in [1.29, 1.82) is 0 Å². The summed E-state index contributed by atoms with van der Waals surface area (Å²) in [6, 6.07) is 6.85. The molecule has 1 aromatic rings. The van der Waals surface area contributed by atoms with E-state index in [4.69, 9.17) is 16.7 Å². The van der Waals surface area contributed by atoms with Crippen molar-refractivity contribution in [3.05, 3.63) is 35.9 Å². The monoisotopic (exact) mass is 250 g/mol. The van der Waals surface area contributed by atoms with Crippen molar-refractivity contribution >= 4 is 17.6 Å². The zero-order valence-corrected chi connectivity index (χ0v) is 9.04. The predicted octanol–water partition coefficient (Wildman–Crippen LogP) is 2.44. The highest BCUT2D eigenvalue weighted by Gasteiger charge is 2.61. The molecular formula is C10H9ClF2O3. The van der Waals surface area contributed by atoms with E-state index in [1.165, 1.54) is 24.3 Å². The molecule has 1 aromatic carbocycles. The molecule has 0 aromatic heterocycles. The van der Waals surface area contributed by atoms with E-state index in [9.17, 15) is 13.6 Å². The van der Waals surface area contributed by atoms with Gasteiger partial charge in [0.1, 0.15) is 0 Å². The van der Waals surface area contributed by atoms with Gasteiger partial charge in [0.05, 0.1) is 0 Å². The van der Waals surface area contributed by atoms with Gasteiger partial charge in [0.15, 0.2) is 0 Å². The van der Waals surface area contributed by atoms with Crippen LogP contribution in [0.15, 0.2) is 30.3 Å². The second-order valence-electron chi connectivity index (χ2n) is 3.05. The van der Waals surface area contributed by atoms with E-state index in [0.717, 1.165) is 7.11 Å². The molecule has 1 atom stereocenters. The Balaban J connectivity index is 3.42. The second-order valence-corrected chi connectivity index (χ2v) is 3.53. The molecule has 0 radical (unpaired) electrons. The van der Waals surface area contributed by atoms with Crippen LogP contribution >= 0.6 is 11.6 Å². The maximum atomic E-state index is 13.2. The minimum atomic E-state index is -4.06. The van der Waals surface area contributed by atoms with E-state index < -0.39 is 17.0 Å². The molecule has 0 heterocycles. The molecule has 0 aliphatic rings. The summed E-state index contributed by atoms with van der Waals surface area (Å²) in [6.07, 6.45) is 0. The molecule has 0 spiro atoms. The lowest BCUT2D eigenvalue weighted by atomic mass is 9.94. The molecule has 0 bridgehead atoms. The first-order chi connectivity index (χ1) is 7.36. The molecule has 6 heteroatoms. The molecule has 0 amide bonds. The van der Waals surface area contributed by atoms with Crippen molar-refractivity contribution in [2.75, 3.05) is 7.11 Å². The SMILES string of the molecule is COC(C(=O)O)(c1ccccc1)C(F)(F)Cl. The maximum absolute atomic E-state index is 13.2. The van der Waals surface area contributed by atoms with Crippen LogP contribution in [0.25, 0.3) is 0 Å². The van der Waals surface area contributed by atoms with Gasteiger partial charge in [0, 0.05) is 12.7 Å². The molecule has 16 heavy (non-hydrogen) atoms. The zero-order valence-electron chi connectivity index (χ0n) is 8.28. The Hall–Kier alpha value is -1.20. The summed E-state index contributed by atoms with van der Waals surface area (Å²) >= 11 is 4.85. The molecule has 1 unspecified atom stereocenters. The van der Waals surface area contributed by atoms with Gasteiger partial charge in [0.2, 0.25) is 0 Å². The lowest BCUT2D eigenvalue weighted by molar-refractivity contribution is -0.195. The van der Waals surface area contributed by atoms with E-state index in [0.29, 0.717) is 0 Å².